The minimum absolute atomic E-state index is 0.0875. The molecule has 2 rings (SSSR count). The lowest BCUT2D eigenvalue weighted by Gasteiger charge is -2.09. The molecule has 0 fully saturated rings. The van der Waals surface area contributed by atoms with Crippen molar-refractivity contribution in [2.45, 2.75) is 19.8 Å². The van der Waals surface area contributed by atoms with Crippen molar-refractivity contribution in [2.24, 2.45) is 5.84 Å². The van der Waals surface area contributed by atoms with Crippen LogP contribution in [0.2, 0.25) is 0 Å². The van der Waals surface area contributed by atoms with E-state index < -0.39 is 16.3 Å². The van der Waals surface area contributed by atoms with Gasteiger partial charge in [0.25, 0.3) is 5.91 Å². The standard InChI is InChI=1S/C16H18N2O2.H2O4S/c1-10(2)11-3-5-12(6-4-11)13-7-8-15(19)14(9-13)16(20)18-17;1-5(2,3)4/h3-10,19H,17H2,1-2H3,(H,18,20);(H2,1,2,3,4). The molecule has 0 spiro atoms. The zero-order valence-electron chi connectivity index (χ0n) is 13.7. The molecule has 6 N–H and O–H groups in total. The number of rotatable bonds is 3. The molecule has 0 radical (unpaired) electrons. The number of amides is 1. The first kappa shape index (κ1) is 20.6. The van der Waals surface area contributed by atoms with Crippen LogP contribution in [0.25, 0.3) is 11.1 Å². The van der Waals surface area contributed by atoms with Gasteiger partial charge in [-0.3, -0.25) is 19.3 Å². The van der Waals surface area contributed by atoms with Gasteiger partial charge in [0.15, 0.2) is 0 Å². The van der Waals surface area contributed by atoms with E-state index in [0.29, 0.717) is 5.92 Å². The number of hydrogen-bond donors (Lipinski definition) is 5. The number of phenols is 1. The van der Waals surface area contributed by atoms with Crippen LogP contribution in [-0.4, -0.2) is 28.5 Å². The number of nitrogens with one attached hydrogen (secondary N) is 1. The van der Waals surface area contributed by atoms with E-state index in [2.05, 4.69) is 26.0 Å². The number of nitrogens with two attached hydrogens (primary N) is 1. The van der Waals surface area contributed by atoms with Gasteiger partial charge in [0.05, 0.1) is 5.56 Å². The van der Waals surface area contributed by atoms with Crippen molar-refractivity contribution in [3.8, 4) is 16.9 Å². The molecule has 0 heterocycles. The number of benzene rings is 2. The van der Waals surface area contributed by atoms with E-state index >= 15 is 0 Å². The Morgan fingerprint density at radius 2 is 1.52 bits per heavy atom. The molecule has 2 aromatic carbocycles. The highest BCUT2D eigenvalue weighted by Crippen LogP contribution is 2.27. The van der Waals surface area contributed by atoms with Gasteiger partial charge in [0, 0.05) is 0 Å². The zero-order valence-corrected chi connectivity index (χ0v) is 14.5. The number of aromatic hydroxyl groups is 1. The van der Waals surface area contributed by atoms with Crippen molar-refractivity contribution in [3.05, 3.63) is 53.6 Å². The second-order valence-corrected chi connectivity index (χ2v) is 6.33. The lowest BCUT2D eigenvalue weighted by molar-refractivity contribution is 0.0951. The van der Waals surface area contributed by atoms with Gasteiger partial charge < -0.3 is 5.11 Å². The summed E-state index contributed by atoms with van der Waals surface area (Å²) in [6.07, 6.45) is 0. The molecule has 1 amide bonds. The summed E-state index contributed by atoms with van der Waals surface area (Å²) in [5.41, 5.74) is 5.29. The molecule has 9 heteroatoms. The Balaban J connectivity index is 0.000000550. The number of carbonyl (C=O) groups excluding carboxylic acids is 1. The molecule has 0 aliphatic rings. The fourth-order valence-electron chi connectivity index (χ4n) is 2.04. The van der Waals surface area contributed by atoms with Crippen LogP contribution in [0.3, 0.4) is 0 Å². The van der Waals surface area contributed by atoms with Crippen molar-refractivity contribution >= 4 is 16.3 Å². The van der Waals surface area contributed by atoms with Gasteiger partial charge >= 0.3 is 10.4 Å². The van der Waals surface area contributed by atoms with Crippen LogP contribution in [0.1, 0.15) is 35.7 Å². The minimum Gasteiger partial charge on any atom is -0.507 e. The summed E-state index contributed by atoms with van der Waals surface area (Å²) in [5, 5.41) is 9.68. The normalized spacial score (nSPS) is 10.8. The van der Waals surface area contributed by atoms with Gasteiger partial charge in [0.1, 0.15) is 5.75 Å². The molecule has 0 bridgehead atoms. The molecule has 0 aliphatic heterocycles. The Kier molecular flexibility index (Phi) is 7.07. The van der Waals surface area contributed by atoms with Crippen LogP contribution in [0.5, 0.6) is 5.75 Å². The number of hydrogen-bond acceptors (Lipinski definition) is 5. The van der Waals surface area contributed by atoms with Gasteiger partial charge in [-0.2, -0.15) is 8.42 Å². The summed E-state index contributed by atoms with van der Waals surface area (Å²) in [7, 11) is -4.67. The predicted molar refractivity (Wildman–Crippen MR) is 93.5 cm³/mol. The first-order chi connectivity index (χ1) is 11.5. The maximum Gasteiger partial charge on any atom is 0.394 e. The van der Waals surface area contributed by atoms with E-state index in [1.807, 2.05) is 17.6 Å². The third-order valence-electron chi connectivity index (χ3n) is 3.28. The lowest BCUT2D eigenvalue weighted by atomic mass is 9.97. The van der Waals surface area contributed by atoms with Crippen LogP contribution in [-0.2, 0) is 10.4 Å². The van der Waals surface area contributed by atoms with Gasteiger partial charge in [-0.1, -0.05) is 44.2 Å². The van der Waals surface area contributed by atoms with E-state index in [1.165, 1.54) is 11.6 Å². The maximum atomic E-state index is 11.6. The van der Waals surface area contributed by atoms with Crippen molar-refractivity contribution in [1.29, 1.82) is 0 Å². The summed E-state index contributed by atoms with van der Waals surface area (Å²) < 4.78 is 31.6. The Hall–Kier alpha value is -2.46. The summed E-state index contributed by atoms with van der Waals surface area (Å²) in [5.74, 6) is 4.98. The molecule has 0 atom stereocenters. The molecule has 0 aliphatic carbocycles. The summed E-state index contributed by atoms with van der Waals surface area (Å²) >= 11 is 0. The van der Waals surface area contributed by atoms with Crippen molar-refractivity contribution in [2.75, 3.05) is 0 Å². The van der Waals surface area contributed by atoms with E-state index in [4.69, 9.17) is 23.4 Å². The van der Waals surface area contributed by atoms with Crippen molar-refractivity contribution < 1.29 is 27.4 Å². The SMILES string of the molecule is CC(C)c1ccc(-c2ccc(O)c(C(=O)NN)c2)cc1.O=S(=O)(O)O. The highest BCUT2D eigenvalue weighted by atomic mass is 32.3. The average molecular weight is 368 g/mol. The molecule has 0 saturated carbocycles. The van der Waals surface area contributed by atoms with E-state index in [0.717, 1.165) is 11.1 Å². The zero-order chi connectivity index (χ0) is 19.2. The van der Waals surface area contributed by atoms with Gasteiger partial charge in [0.2, 0.25) is 0 Å². The molecule has 2 aromatic rings. The fourth-order valence-corrected chi connectivity index (χ4v) is 2.04. The average Bonchev–Trinajstić information content (AvgIpc) is 2.53. The minimum atomic E-state index is -4.67. The van der Waals surface area contributed by atoms with Crippen molar-refractivity contribution in [1.82, 2.24) is 5.43 Å². The predicted octanol–water partition coefficient (Wildman–Crippen LogP) is 2.13. The molecule has 25 heavy (non-hydrogen) atoms. The molecule has 8 nitrogen and oxygen atoms in total. The highest BCUT2D eigenvalue weighted by molar-refractivity contribution is 7.79. The molecular weight excluding hydrogens is 348 g/mol. The van der Waals surface area contributed by atoms with Crippen molar-refractivity contribution in [3.63, 3.8) is 0 Å². The summed E-state index contributed by atoms with van der Waals surface area (Å²) in [6.45, 7) is 4.28. The number of hydrazine groups is 1. The number of phenolic OH excluding ortho intramolecular Hbond substituents is 1. The lowest BCUT2D eigenvalue weighted by Crippen LogP contribution is -2.30. The molecule has 0 aromatic heterocycles. The van der Waals surface area contributed by atoms with Crippen LogP contribution in [0.15, 0.2) is 42.5 Å². The van der Waals surface area contributed by atoms with Gasteiger partial charge in [-0.25, -0.2) is 5.84 Å². The molecule has 0 unspecified atom stereocenters. The Labute approximate surface area is 145 Å². The van der Waals surface area contributed by atoms with E-state index in [9.17, 15) is 9.90 Å². The van der Waals surface area contributed by atoms with Crippen LogP contribution < -0.4 is 11.3 Å². The maximum absolute atomic E-state index is 11.6. The number of carbonyl (C=O) groups is 1. The first-order valence-electron chi connectivity index (χ1n) is 7.17. The third-order valence-corrected chi connectivity index (χ3v) is 3.28. The molecular formula is C16H20N2O6S. The summed E-state index contributed by atoms with van der Waals surface area (Å²) in [4.78, 5) is 11.6. The molecule has 0 saturated heterocycles. The largest absolute Gasteiger partial charge is 0.507 e. The second kappa shape index (κ2) is 8.58. The van der Waals surface area contributed by atoms with Gasteiger partial charge in [-0.15, -0.1) is 0 Å². The topological polar surface area (TPSA) is 150 Å². The monoisotopic (exact) mass is 368 g/mol. The number of nitrogen functional groups attached to an aromatic ring is 1. The highest BCUT2D eigenvalue weighted by Gasteiger charge is 2.11. The fraction of sp³-hybridized carbons (Fsp3) is 0.188. The van der Waals surface area contributed by atoms with E-state index in [-0.39, 0.29) is 11.3 Å². The van der Waals surface area contributed by atoms with Crippen LogP contribution in [0, 0.1) is 0 Å². The van der Waals surface area contributed by atoms with E-state index in [1.54, 1.807) is 12.1 Å². The van der Waals surface area contributed by atoms with Gasteiger partial charge in [-0.05, 0) is 34.7 Å². The molecule has 136 valence electrons. The first-order valence-corrected chi connectivity index (χ1v) is 8.56. The Bertz CT molecular complexity index is 824. The second-order valence-electron chi connectivity index (χ2n) is 5.43. The quantitative estimate of drug-likeness (QED) is 0.241. The smallest absolute Gasteiger partial charge is 0.394 e. The van der Waals surface area contributed by atoms with Crippen LogP contribution in [0.4, 0.5) is 0 Å². The Morgan fingerprint density at radius 3 is 1.96 bits per heavy atom. The van der Waals surface area contributed by atoms with Crippen LogP contribution >= 0.6 is 0 Å². The summed E-state index contributed by atoms with van der Waals surface area (Å²) in [6, 6.07) is 13.0. The Morgan fingerprint density at radius 1 is 1.04 bits per heavy atom. The third kappa shape index (κ3) is 6.89.